The van der Waals surface area contributed by atoms with Gasteiger partial charge in [0.2, 0.25) is 0 Å². The van der Waals surface area contributed by atoms with Gasteiger partial charge in [-0.25, -0.2) is 0 Å². The van der Waals surface area contributed by atoms with Gasteiger partial charge in [-0.2, -0.15) is 0 Å². The molecule has 1 N–H and O–H groups in total. The Labute approximate surface area is 178 Å². The monoisotopic (exact) mass is 395 g/mol. The van der Waals surface area contributed by atoms with Gasteiger partial charge in [0.15, 0.2) is 0 Å². The Morgan fingerprint density at radius 1 is 0.900 bits per heavy atom. The fourth-order valence-corrected chi connectivity index (χ4v) is 4.84. The van der Waals surface area contributed by atoms with Crippen molar-refractivity contribution in [2.45, 2.75) is 39.5 Å². The van der Waals surface area contributed by atoms with E-state index in [0.29, 0.717) is 5.92 Å². The molecule has 4 aromatic rings. The number of anilines is 1. The second-order valence-electron chi connectivity index (χ2n) is 9.55. The molecule has 30 heavy (non-hydrogen) atoms. The molecule has 152 valence electrons. The van der Waals surface area contributed by atoms with Crippen molar-refractivity contribution in [3.63, 3.8) is 0 Å². The van der Waals surface area contributed by atoms with Crippen LogP contribution in [0.15, 0.2) is 77.2 Å². The molecular weight excluding hydrogens is 366 g/mol. The molecule has 2 heteroatoms. The Morgan fingerprint density at radius 3 is 2.43 bits per heavy atom. The summed E-state index contributed by atoms with van der Waals surface area (Å²) in [6.45, 7) is 8.08. The Kier molecular flexibility index (Phi) is 4.66. The van der Waals surface area contributed by atoms with E-state index in [-0.39, 0.29) is 5.41 Å². The zero-order chi connectivity index (χ0) is 20.7. The summed E-state index contributed by atoms with van der Waals surface area (Å²) in [5, 5.41) is 4.86. The molecule has 3 aromatic carbocycles. The third kappa shape index (κ3) is 3.52. The van der Waals surface area contributed by atoms with Crippen LogP contribution in [0.5, 0.6) is 0 Å². The first kappa shape index (κ1) is 19.0. The third-order valence-corrected chi connectivity index (χ3v) is 6.33. The summed E-state index contributed by atoms with van der Waals surface area (Å²) >= 11 is 0. The molecule has 0 saturated carbocycles. The van der Waals surface area contributed by atoms with Crippen molar-refractivity contribution in [3.05, 3.63) is 89.5 Å². The summed E-state index contributed by atoms with van der Waals surface area (Å²) in [4.78, 5) is 0. The lowest BCUT2D eigenvalue weighted by Gasteiger charge is -2.37. The minimum Gasteiger partial charge on any atom is -0.456 e. The lowest BCUT2D eigenvalue weighted by Crippen LogP contribution is -2.27. The number of nitrogens with one attached hydrogen (secondary N) is 1. The van der Waals surface area contributed by atoms with Crippen LogP contribution in [0.25, 0.3) is 22.3 Å². The van der Waals surface area contributed by atoms with Crippen LogP contribution in [-0.2, 0) is 6.42 Å². The second kappa shape index (κ2) is 7.36. The summed E-state index contributed by atoms with van der Waals surface area (Å²) < 4.78 is 6.31. The zero-order valence-electron chi connectivity index (χ0n) is 18.0. The van der Waals surface area contributed by atoms with Gasteiger partial charge in [0, 0.05) is 23.2 Å². The van der Waals surface area contributed by atoms with E-state index < -0.39 is 0 Å². The van der Waals surface area contributed by atoms with Gasteiger partial charge in [0.1, 0.15) is 11.3 Å². The van der Waals surface area contributed by atoms with Crippen molar-refractivity contribution >= 4 is 16.7 Å². The molecule has 0 radical (unpaired) electrons. The van der Waals surface area contributed by atoms with Crippen LogP contribution in [0.4, 0.5) is 5.69 Å². The maximum absolute atomic E-state index is 6.31. The molecule has 0 amide bonds. The Morgan fingerprint density at radius 2 is 1.67 bits per heavy atom. The highest BCUT2D eigenvalue weighted by atomic mass is 16.3. The van der Waals surface area contributed by atoms with Crippen molar-refractivity contribution in [1.82, 2.24) is 0 Å². The van der Waals surface area contributed by atoms with Crippen molar-refractivity contribution < 1.29 is 4.42 Å². The number of fused-ring (bicyclic) bond motifs is 2. The number of hydrogen-bond acceptors (Lipinski definition) is 2. The maximum Gasteiger partial charge on any atom is 0.137 e. The Hall–Kier alpha value is -3.00. The number of hydrogen-bond donors (Lipinski definition) is 1. The van der Waals surface area contributed by atoms with Gasteiger partial charge in [0.05, 0.1) is 0 Å². The van der Waals surface area contributed by atoms with E-state index in [9.17, 15) is 0 Å². The highest BCUT2D eigenvalue weighted by molar-refractivity contribution is 5.87. The first-order valence-corrected chi connectivity index (χ1v) is 10.9. The lowest BCUT2D eigenvalue weighted by atomic mass is 9.71. The van der Waals surface area contributed by atoms with Crippen LogP contribution in [0.3, 0.4) is 0 Å². The van der Waals surface area contributed by atoms with Crippen molar-refractivity contribution in [2.75, 3.05) is 11.9 Å². The predicted molar refractivity (Wildman–Crippen MR) is 126 cm³/mol. The van der Waals surface area contributed by atoms with Gasteiger partial charge in [-0.05, 0) is 59.1 Å². The molecule has 1 aromatic heterocycles. The van der Waals surface area contributed by atoms with E-state index >= 15 is 0 Å². The van der Waals surface area contributed by atoms with Crippen LogP contribution < -0.4 is 5.32 Å². The van der Waals surface area contributed by atoms with Crippen molar-refractivity contribution in [3.8, 4) is 11.3 Å². The van der Waals surface area contributed by atoms with Crippen LogP contribution in [0.2, 0.25) is 0 Å². The van der Waals surface area contributed by atoms with Crippen molar-refractivity contribution in [2.24, 2.45) is 5.41 Å². The van der Waals surface area contributed by atoms with Crippen LogP contribution in [0.1, 0.15) is 49.8 Å². The maximum atomic E-state index is 6.31. The minimum absolute atomic E-state index is 0.216. The van der Waals surface area contributed by atoms with Crippen LogP contribution in [0, 0.1) is 5.41 Å². The molecule has 1 aliphatic rings. The number of benzene rings is 3. The van der Waals surface area contributed by atoms with Crippen LogP contribution in [-0.4, -0.2) is 6.54 Å². The molecule has 0 spiro atoms. The first-order chi connectivity index (χ1) is 14.5. The van der Waals surface area contributed by atoms with Gasteiger partial charge < -0.3 is 9.73 Å². The quantitative estimate of drug-likeness (QED) is 0.385. The topological polar surface area (TPSA) is 25.2 Å². The van der Waals surface area contributed by atoms with Gasteiger partial charge in [-0.15, -0.1) is 0 Å². The molecule has 1 atom stereocenters. The lowest BCUT2D eigenvalue weighted by molar-refractivity contribution is 0.305. The Bertz CT molecular complexity index is 1150. The summed E-state index contributed by atoms with van der Waals surface area (Å²) in [6.07, 6.45) is 2.09. The molecular formula is C28H29NO. The van der Waals surface area contributed by atoms with Gasteiger partial charge >= 0.3 is 0 Å². The van der Waals surface area contributed by atoms with E-state index in [2.05, 4.69) is 86.8 Å². The van der Waals surface area contributed by atoms with Gasteiger partial charge in [-0.3, -0.25) is 0 Å². The highest BCUT2D eigenvalue weighted by Crippen LogP contribution is 2.47. The summed E-state index contributed by atoms with van der Waals surface area (Å²) in [7, 11) is 0. The molecule has 2 heterocycles. The standard InChI is InChI=1S/C28H29NO/c1-28(2,3)24-13-14-29-27-22(24)16-20(15-19-9-5-4-6-10-19)17-23(27)26-18-21-11-7-8-12-25(21)30-26/h4-12,16-18,24,29H,13-15H2,1-3H3. The summed E-state index contributed by atoms with van der Waals surface area (Å²) in [5.74, 6) is 1.47. The fourth-order valence-electron chi connectivity index (χ4n) is 4.84. The Balaban J connectivity index is 1.69. The summed E-state index contributed by atoms with van der Waals surface area (Å²) in [5.41, 5.74) is 7.70. The predicted octanol–water partition coefficient (Wildman–Crippen LogP) is 7.64. The smallest absolute Gasteiger partial charge is 0.137 e. The second-order valence-corrected chi connectivity index (χ2v) is 9.55. The minimum atomic E-state index is 0.216. The molecule has 1 aliphatic heterocycles. The highest BCUT2D eigenvalue weighted by Gasteiger charge is 2.32. The van der Waals surface area contributed by atoms with Crippen LogP contribution >= 0.6 is 0 Å². The van der Waals surface area contributed by atoms with E-state index in [0.717, 1.165) is 36.1 Å². The third-order valence-electron chi connectivity index (χ3n) is 6.33. The molecule has 0 fully saturated rings. The largest absolute Gasteiger partial charge is 0.456 e. The number of furan rings is 1. The molecule has 2 nitrogen and oxygen atoms in total. The van der Waals surface area contributed by atoms with E-state index in [1.807, 2.05) is 12.1 Å². The average molecular weight is 396 g/mol. The van der Waals surface area contributed by atoms with E-state index in [1.54, 1.807) is 0 Å². The molecule has 0 aliphatic carbocycles. The fraction of sp³-hybridized carbons (Fsp3) is 0.286. The van der Waals surface area contributed by atoms with E-state index in [1.165, 1.54) is 27.9 Å². The SMILES string of the molecule is CC(C)(C)C1CCNc2c(-c3cc4ccccc4o3)cc(Cc3ccccc3)cc21. The molecule has 1 unspecified atom stereocenters. The van der Waals surface area contributed by atoms with Gasteiger partial charge in [0.25, 0.3) is 0 Å². The zero-order valence-corrected chi connectivity index (χ0v) is 18.0. The normalized spacial score (nSPS) is 16.3. The number of para-hydroxylation sites is 1. The average Bonchev–Trinajstić information content (AvgIpc) is 3.17. The first-order valence-electron chi connectivity index (χ1n) is 10.9. The molecule has 0 bridgehead atoms. The van der Waals surface area contributed by atoms with Gasteiger partial charge in [-0.1, -0.05) is 75.4 Å². The summed E-state index contributed by atoms with van der Waals surface area (Å²) in [6, 6.07) is 25.9. The molecule has 0 saturated heterocycles. The van der Waals surface area contributed by atoms with Crippen molar-refractivity contribution in [1.29, 1.82) is 0 Å². The number of rotatable bonds is 3. The van der Waals surface area contributed by atoms with E-state index in [4.69, 9.17) is 4.42 Å². The molecule has 5 rings (SSSR count).